The summed E-state index contributed by atoms with van der Waals surface area (Å²) in [6.07, 6.45) is 8.01. The van der Waals surface area contributed by atoms with E-state index in [1.54, 1.807) is 11.0 Å². The maximum atomic E-state index is 14.8. The molecule has 370 valence electrons. The molecule has 0 unspecified atom stereocenters. The standard InChI is InChI=1S/C56H70N2O11/c1-4-29-66-56-52(58(25-30-63-31-28-61)55(62)65-33-32-64-38-42-15-7-5-8-16-42)37-50(57-67-39-43-17-9-6-10-18-43)48-35-44(19-11-13-26-59)47(20-12-14-27-60)53(54(48)56)49-36-46(23-24-51(49)69-56)68-45-22-21-40(2)41(3)34-45/h4-10,15-18,21-24,34-36,44,47,52-54,59-61H,1,11-14,19-20,25-33,37-39H2,2-3H3/t44-,47+,52-,53+,54+,56+/m0/s1. The summed E-state index contributed by atoms with van der Waals surface area (Å²) < 4.78 is 38.9. The van der Waals surface area contributed by atoms with Gasteiger partial charge in [-0.1, -0.05) is 96.9 Å². The van der Waals surface area contributed by atoms with Crippen LogP contribution < -0.4 is 9.47 Å². The SMILES string of the molecule is C=CCO[C@@]12Oc3ccc(Oc4ccc(C)c(C)c4)cc3[C@H]3[C@H](CCCCO)[C@@H](CCCCO)C=C(C(=NOCc4ccccc4)C[C@@H]1N(CCOCCO)C(=O)OCCOCc1ccccc1)[C@H]32. The highest BCUT2D eigenvalue weighted by Gasteiger charge is 2.65. The Morgan fingerprint density at radius 3 is 2.22 bits per heavy atom. The molecule has 2 aliphatic carbocycles. The molecule has 1 aliphatic heterocycles. The number of carbonyl (C=O) groups excluding carboxylic acids is 1. The van der Waals surface area contributed by atoms with Gasteiger partial charge in [-0.15, -0.1) is 6.58 Å². The molecule has 6 atom stereocenters. The van der Waals surface area contributed by atoms with Crippen molar-refractivity contribution in [2.24, 2.45) is 22.9 Å². The molecule has 0 spiro atoms. The van der Waals surface area contributed by atoms with E-state index in [4.69, 9.17) is 38.4 Å². The predicted molar refractivity (Wildman–Crippen MR) is 264 cm³/mol. The van der Waals surface area contributed by atoms with Crippen LogP contribution in [0.1, 0.15) is 78.7 Å². The third-order valence-electron chi connectivity index (χ3n) is 13.5. The molecule has 13 nitrogen and oxygen atoms in total. The second-order valence-electron chi connectivity index (χ2n) is 18.1. The lowest BCUT2D eigenvalue weighted by Crippen LogP contribution is -2.70. The van der Waals surface area contributed by atoms with Crippen LogP contribution in [0.15, 0.2) is 127 Å². The number of hydrogen-bond donors (Lipinski definition) is 3. The van der Waals surface area contributed by atoms with Gasteiger partial charge in [-0.25, -0.2) is 4.79 Å². The van der Waals surface area contributed by atoms with Crippen LogP contribution in [0.5, 0.6) is 17.2 Å². The first kappa shape index (κ1) is 51.3. The Kier molecular flexibility index (Phi) is 19.3. The van der Waals surface area contributed by atoms with E-state index in [1.807, 2.05) is 84.9 Å². The number of oxime groups is 1. The van der Waals surface area contributed by atoms with Crippen molar-refractivity contribution in [2.45, 2.75) is 89.8 Å². The van der Waals surface area contributed by atoms with Crippen molar-refractivity contribution in [3.8, 4) is 17.2 Å². The van der Waals surface area contributed by atoms with Gasteiger partial charge in [0.15, 0.2) is 0 Å². The van der Waals surface area contributed by atoms with Crippen LogP contribution >= 0.6 is 0 Å². The van der Waals surface area contributed by atoms with Gasteiger partial charge in [0.1, 0.15) is 36.5 Å². The van der Waals surface area contributed by atoms with Gasteiger partial charge in [0.25, 0.3) is 0 Å². The number of aryl methyl sites for hydroxylation is 2. The highest BCUT2D eigenvalue weighted by Crippen LogP contribution is 2.62. The van der Waals surface area contributed by atoms with Gasteiger partial charge < -0.3 is 48.6 Å². The predicted octanol–water partition coefficient (Wildman–Crippen LogP) is 9.59. The molecule has 7 rings (SSSR count). The number of amides is 1. The van der Waals surface area contributed by atoms with Gasteiger partial charge in [-0.2, -0.15) is 0 Å². The zero-order valence-electron chi connectivity index (χ0n) is 40.2. The molecule has 1 saturated carbocycles. The normalized spacial score (nSPS) is 21.9. The van der Waals surface area contributed by atoms with Crippen LogP contribution in [0.2, 0.25) is 0 Å². The molecule has 4 aromatic rings. The van der Waals surface area contributed by atoms with E-state index in [0.29, 0.717) is 36.7 Å². The lowest BCUT2D eigenvalue weighted by Gasteiger charge is -2.59. The van der Waals surface area contributed by atoms with E-state index < -0.39 is 23.8 Å². The van der Waals surface area contributed by atoms with Crippen LogP contribution in [-0.2, 0) is 37.0 Å². The van der Waals surface area contributed by atoms with Gasteiger partial charge in [0.2, 0.25) is 5.79 Å². The number of unbranched alkanes of at least 4 members (excludes halogenated alkanes) is 2. The van der Waals surface area contributed by atoms with Crippen LogP contribution in [0, 0.1) is 31.6 Å². The largest absolute Gasteiger partial charge is 0.459 e. The summed E-state index contributed by atoms with van der Waals surface area (Å²) in [5.74, 6) is -0.315. The van der Waals surface area contributed by atoms with E-state index in [9.17, 15) is 20.1 Å². The van der Waals surface area contributed by atoms with Crippen molar-refractivity contribution < 1.29 is 53.4 Å². The second-order valence-corrected chi connectivity index (χ2v) is 18.1. The molecule has 0 radical (unpaired) electrons. The smallest absolute Gasteiger partial charge is 0.410 e. The number of rotatable bonds is 27. The summed E-state index contributed by atoms with van der Waals surface area (Å²) in [6, 6.07) is 30.8. The molecular formula is C56H70N2O11. The average Bonchev–Trinajstić information content (AvgIpc) is 3.36. The van der Waals surface area contributed by atoms with Crippen LogP contribution in [0.3, 0.4) is 0 Å². The minimum absolute atomic E-state index is 0.00973. The van der Waals surface area contributed by atoms with Crippen molar-refractivity contribution in [2.75, 3.05) is 59.4 Å². The van der Waals surface area contributed by atoms with Crippen LogP contribution in [0.4, 0.5) is 4.79 Å². The maximum Gasteiger partial charge on any atom is 0.410 e. The minimum Gasteiger partial charge on any atom is -0.459 e. The molecule has 1 fully saturated rings. The van der Waals surface area contributed by atoms with Crippen LogP contribution in [0.25, 0.3) is 0 Å². The van der Waals surface area contributed by atoms with Gasteiger partial charge >= 0.3 is 6.09 Å². The molecule has 4 aromatic carbocycles. The van der Waals surface area contributed by atoms with Crippen molar-refractivity contribution in [1.82, 2.24) is 4.90 Å². The molecule has 0 saturated heterocycles. The quantitative estimate of drug-likeness (QED) is 0.0297. The number of fused-ring (bicyclic) bond motifs is 2. The van der Waals surface area contributed by atoms with E-state index in [0.717, 1.165) is 59.3 Å². The van der Waals surface area contributed by atoms with Gasteiger partial charge in [0.05, 0.1) is 51.3 Å². The van der Waals surface area contributed by atoms with Gasteiger partial charge in [-0.3, -0.25) is 4.90 Å². The fourth-order valence-electron chi connectivity index (χ4n) is 10.1. The number of nitrogens with zero attached hydrogens (tertiary/aromatic N) is 2. The molecule has 1 amide bonds. The summed E-state index contributed by atoms with van der Waals surface area (Å²) in [5.41, 5.74) is 6.74. The first-order chi connectivity index (χ1) is 33.8. The van der Waals surface area contributed by atoms with Crippen molar-refractivity contribution in [3.05, 3.63) is 149 Å². The highest BCUT2D eigenvalue weighted by molar-refractivity contribution is 6.03. The molecular weight excluding hydrogens is 877 g/mol. The molecule has 13 heteroatoms. The Hall–Kier alpha value is -5.54. The van der Waals surface area contributed by atoms with E-state index in [1.165, 1.54) is 5.56 Å². The molecule has 69 heavy (non-hydrogen) atoms. The fourth-order valence-corrected chi connectivity index (χ4v) is 10.1. The van der Waals surface area contributed by atoms with Crippen LogP contribution in [-0.4, -0.2) is 103 Å². The topological polar surface area (TPSA) is 158 Å². The molecule has 0 aromatic heterocycles. The molecule has 3 N–H and O–H groups in total. The monoisotopic (exact) mass is 946 g/mol. The van der Waals surface area contributed by atoms with E-state index >= 15 is 0 Å². The Morgan fingerprint density at radius 1 is 0.797 bits per heavy atom. The lowest BCUT2D eigenvalue weighted by atomic mass is 9.55. The summed E-state index contributed by atoms with van der Waals surface area (Å²) in [4.78, 5) is 22.7. The fraction of sp³-hybridized carbons (Fsp3) is 0.464. The van der Waals surface area contributed by atoms with Gasteiger partial charge in [0, 0.05) is 37.7 Å². The zero-order chi connectivity index (χ0) is 48.4. The summed E-state index contributed by atoms with van der Waals surface area (Å²) >= 11 is 0. The minimum atomic E-state index is -1.52. The third kappa shape index (κ3) is 13.0. The second kappa shape index (κ2) is 25.9. The summed E-state index contributed by atoms with van der Waals surface area (Å²) in [5, 5.41) is 34.7. The van der Waals surface area contributed by atoms with Crippen molar-refractivity contribution in [3.63, 3.8) is 0 Å². The maximum absolute atomic E-state index is 14.8. The number of aliphatic hydroxyl groups is 3. The van der Waals surface area contributed by atoms with Crippen molar-refractivity contribution in [1.29, 1.82) is 0 Å². The zero-order valence-corrected chi connectivity index (χ0v) is 40.2. The van der Waals surface area contributed by atoms with Crippen molar-refractivity contribution >= 4 is 11.8 Å². The Morgan fingerprint density at radius 2 is 1.51 bits per heavy atom. The first-order valence-electron chi connectivity index (χ1n) is 24.5. The third-order valence-corrected chi connectivity index (χ3v) is 13.5. The Labute approximate surface area is 407 Å². The summed E-state index contributed by atoms with van der Waals surface area (Å²) in [6.45, 7) is 9.26. The average molecular weight is 947 g/mol. The summed E-state index contributed by atoms with van der Waals surface area (Å²) in [7, 11) is 0. The molecule has 1 heterocycles. The van der Waals surface area contributed by atoms with E-state index in [-0.39, 0.29) is 90.2 Å². The lowest BCUT2D eigenvalue weighted by molar-refractivity contribution is -0.256. The van der Waals surface area contributed by atoms with Gasteiger partial charge in [-0.05, 0) is 110 Å². The molecule has 0 bridgehead atoms. The number of carbonyl (C=O) groups is 1. The number of benzene rings is 4. The highest BCUT2D eigenvalue weighted by atomic mass is 16.7. The Balaban J connectivity index is 1.37. The number of aliphatic hydroxyl groups excluding tert-OH is 3. The first-order valence-corrected chi connectivity index (χ1v) is 24.5. The Bertz CT molecular complexity index is 2310. The molecule has 3 aliphatic rings. The number of allylic oxidation sites excluding steroid dienone is 1. The number of ether oxygens (including phenoxy) is 6. The number of hydrogen-bond acceptors (Lipinski definition) is 12. The van der Waals surface area contributed by atoms with E-state index in [2.05, 4.69) is 38.6 Å².